The third-order valence-electron chi connectivity index (χ3n) is 6.60. The third kappa shape index (κ3) is 12.4. The van der Waals surface area contributed by atoms with Gasteiger partial charge >= 0.3 is 26.4 Å². The molecule has 0 aromatic carbocycles. The molecule has 0 spiro atoms. The average Bonchev–Trinajstić information content (AvgIpc) is 2.92. The van der Waals surface area contributed by atoms with Crippen LogP contribution < -0.4 is 0 Å². The molecule has 0 fully saturated rings. The summed E-state index contributed by atoms with van der Waals surface area (Å²) >= 11 is 0. The number of rotatable bonds is 25. The molecule has 0 saturated heterocycles. The van der Waals surface area contributed by atoms with Crippen LogP contribution in [0.15, 0.2) is 0 Å². The van der Waals surface area contributed by atoms with Crippen molar-refractivity contribution in [2.24, 2.45) is 0 Å². The number of ether oxygens (including phenoxy) is 1. The maximum absolute atomic E-state index is 15.9. The lowest BCUT2D eigenvalue weighted by Crippen LogP contribution is -2.42. The monoisotopic (exact) mass is 578 g/mol. The molecule has 0 bridgehead atoms. The minimum Gasteiger partial charge on any atom is -0.377 e. The molecule has 0 radical (unpaired) electrons. The lowest BCUT2D eigenvalue weighted by Gasteiger charge is -2.28. The predicted octanol–water partition coefficient (Wildman–Crippen LogP) is 4.42. The maximum Gasteiger partial charge on any atom is 0.500 e. The quantitative estimate of drug-likeness (QED) is 0.114. The number of hydrogen-bond acceptors (Lipinski definition) is 10. The largest absolute Gasteiger partial charge is 0.500 e. The number of alkyl halides is 1. The van der Waals surface area contributed by atoms with Gasteiger partial charge in [-0.3, -0.25) is 0 Å². The topological polar surface area (TPSA) is 92.3 Å². The van der Waals surface area contributed by atoms with Gasteiger partial charge in [-0.15, -0.1) is 0 Å². The van der Waals surface area contributed by atoms with E-state index in [9.17, 15) is 0 Å². The Hall–Kier alpha value is 0.181. The first-order valence-electron chi connectivity index (χ1n) is 12.5. The second kappa shape index (κ2) is 19.3. The molecule has 0 amide bonds. The molecule has 0 aliphatic rings. The second-order valence-corrected chi connectivity index (χ2v) is 17.8. The van der Waals surface area contributed by atoms with E-state index in [-0.39, 0.29) is 12.8 Å². The van der Waals surface area contributed by atoms with Crippen LogP contribution >= 0.6 is 0 Å². The molecule has 218 valence electrons. The highest BCUT2D eigenvalue weighted by molar-refractivity contribution is 6.61. The first-order chi connectivity index (χ1) is 17.2. The minimum absolute atomic E-state index is 0.281. The van der Waals surface area contributed by atoms with Crippen molar-refractivity contribution in [3.8, 4) is 0 Å². The van der Waals surface area contributed by atoms with Gasteiger partial charge in [0.2, 0.25) is 5.85 Å². The summed E-state index contributed by atoms with van der Waals surface area (Å²) in [6, 6.07) is 1.89. The van der Waals surface area contributed by atoms with E-state index in [0.29, 0.717) is 56.8 Å². The van der Waals surface area contributed by atoms with Gasteiger partial charge in [0.15, 0.2) is 0 Å². The van der Waals surface area contributed by atoms with Gasteiger partial charge in [0.1, 0.15) is 0 Å². The van der Waals surface area contributed by atoms with Crippen LogP contribution in [0.25, 0.3) is 0 Å². The Morgan fingerprint density at radius 3 is 1.00 bits per heavy atom. The number of hydrogen-bond donors (Lipinski definition) is 0. The molecule has 0 aromatic heterocycles. The van der Waals surface area contributed by atoms with Gasteiger partial charge in [-0.1, -0.05) is 0 Å². The Morgan fingerprint density at radius 1 is 0.444 bits per heavy atom. The molecular weight excluding hydrogens is 527 g/mol. The molecule has 0 aromatic rings. The van der Waals surface area contributed by atoms with Gasteiger partial charge in [0.25, 0.3) is 0 Å². The summed E-state index contributed by atoms with van der Waals surface area (Å²) in [5.74, 6) is -1.73. The Bertz CT molecular complexity index is 485. The second-order valence-electron chi connectivity index (χ2n) is 8.49. The van der Waals surface area contributed by atoms with Gasteiger partial charge in [-0.25, -0.2) is 4.39 Å². The molecule has 0 aliphatic heterocycles. The average molecular weight is 579 g/mol. The van der Waals surface area contributed by atoms with Crippen molar-refractivity contribution < 1.29 is 49.0 Å². The van der Waals surface area contributed by atoms with E-state index in [0.717, 1.165) is 6.42 Å². The van der Waals surface area contributed by atoms with E-state index < -0.39 is 32.3 Å². The van der Waals surface area contributed by atoms with Crippen LogP contribution in [0, 0.1) is 0 Å². The molecule has 0 unspecified atom stereocenters. The lowest BCUT2D eigenvalue weighted by atomic mass is 10.0. The van der Waals surface area contributed by atoms with E-state index in [4.69, 9.17) is 44.6 Å². The van der Waals surface area contributed by atoms with Crippen molar-refractivity contribution in [3.63, 3.8) is 0 Å². The highest BCUT2D eigenvalue weighted by Gasteiger charge is 2.40. The van der Waals surface area contributed by atoms with Crippen molar-refractivity contribution in [1.29, 1.82) is 0 Å². The van der Waals surface area contributed by atoms with E-state index in [2.05, 4.69) is 0 Å². The first kappa shape index (κ1) is 36.2. The third-order valence-corrected chi connectivity index (χ3v) is 15.1. The fourth-order valence-corrected chi connectivity index (χ4v) is 9.48. The summed E-state index contributed by atoms with van der Waals surface area (Å²) < 4.78 is 70.9. The van der Waals surface area contributed by atoms with Crippen molar-refractivity contribution in [2.75, 3.05) is 70.6 Å². The zero-order chi connectivity index (χ0) is 27.6. The Morgan fingerprint density at radius 2 is 0.722 bits per heavy atom. The van der Waals surface area contributed by atoms with Crippen LogP contribution in [0.2, 0.25) is 18.1 Å². The van der Waals surface area contributed by atoms with Crippen molar-refractivity contribution in [3.05, 3.63) is 0 Å². The molecule has 14 heteroatoms. The summed E-state index contributed by atoms with van der Waals surface area (Å²) in [4.78, 5) is 0. The smallest absolute Gasteiger partial charge is 0.377 e. The molecule has 0 heterocycles. The highest BCUT2D eigenvalue weighted by atomic mass is 28.4. The normalized spacial score (nSPS) is 13.5. The summed E-state index contributed by atoms with van der Waals surface area (Å²) in [6.07, 6.45) is 4.68. The Kier molecular flexibility index (Phi) is 19.4. The molecule has 0 atom stereocenters. The van der Waals surface area contributed by atoms with Crippen LogP contribution in [-0.2, 0) is 44.6 Å². The molecule has 0 saturated carbocycles. The van der Waals surface area contributed by atoms with E-state index in [1.807, 2.05) is 0 Å². The van der Waals surface area contributed by atoms with E-state index in [1.54, 1.807) is 64.0 Å². The maximum atomic E-state index is 15.9. The fraction of sp³-hybridized carbons (Fsp3) is 1.00. The zero-order valence-electron chi connectivity index (χ0n) is 23.9. The van der Waals surface area contributed by atoms with Gasteiger partial charge in [-0.05, 0) is 38.5 Å². The molecule has 36 heavy (non-hydrogen) atoms. The molecule has 0 N–H and O–H groups in total. The SMILES string of the molecule is CO[Si](CCCCOC(F)(CCCC[Si](OC)(OC)OC)CCCC[Si](OC)(OC)OC)(OC)OC. The summed E-state index contributed by atoms with van der Waals surface area (Å²) in [6.45, 7) is 0.303. The molecule has 0 rings (SSSR count). The van der Waals surface area contributed by atoms with Gasteiger partial charge < -0.3 is 44.6 Å². The van der Waals surface area contributed by atoms with E-state index in [1.165, 1.54) is 0 Å². The lowest BCUT2D eigenvalue weighted by molar-refractivity contribution is -0.157. The van der Waals surface area contributed by atoms with Crippen LogP contribution in [-0.4, -0.2) is 103 Å². The first-order valence-corrected chi connectivity index (χ1v) is 18.3. The van der Waals surface area contributed by atoms with Gasteiger partial charge in [0, 0.05) is 95.0 Å². The summed E-state index contributed by atoms with van der Waals surface area (Å²) in [7, 11) is 6.27. The van der Waals surface area contributed by atoms with Crippen molar-refractivity contribution >= 4 is 26.4 Å². The molecule has 0 aliphatic carbocycles. The van der Waals surface area contributed by atoms with E-state index >= 15 is 4.39 Å². The highest BCUT2D eigenvalue weighted by Crippen LogP contribution is 2.31. The van der Waals surface area contributed by atoms with Crippen LogP contribution in [0.1, 0.15) is 51.4 Å². The Balaban J connectivity index is 4.90. The summed E-state index contributed by atoms with van der Waals surface area (Å²) in [5, 5.41) is 0. The minimum atomic E-state index is -2.68. The van der Waals surface area contributed by atoms with Crippen LogP contribution in [0.5, 0.6) is 0 Å². The van der Waals surface area contributed by atoms with Crippen molar-refractivity contribution in [1.82, 2.24) is 0 Å². The van der Waals surface area contributed by atoms with Crippen molar-refractivity contribution in [2.45, 2.75) is 75.4 Å². The van der Waals surface area contributed by atoms with Gasteiger partial charge in [0.05, 0.1) is 6.61 Å². The van der Waals surface area contributed by atoms with Crippen LogP contribution in [0.4, 0.5) is 4.39 Å². The zero-order valence-corrected chi connectivity index (χ0v) is 26.9. The van der Waals surface area contributed by atoms with Gasteiger partial charge in [-0.2, -0.15) is 0 Å². The fourth-order valence-electron chi connectivity index (χ4n) is 4.10. The number of halogens is 1. The predicted molar refractivity (Wildman–Crippen MR) is 141 cm³/mol. The molecular formula is C22H51FO10Si3. The number of unbranched alkanes of at least 4 members (excludes halogenated alkanes) is 3. The Labute approximate surface area is 221 Å². The van der Waals surface area contributed by atoms with Crippen LogP contribution in [0.3, 0.4) is 0 Å². The standard InChI is InChI=1S/C22H51FO10Si3/c1-24-34(25-2,26-3)19-13-10-16-22(23,17-11-14-20-35(27-4,28-5)29-6)33-18-12-15-21-36(30-7,31-8)32-9/h10-21H2,1-9H3. The summed E-state index contributed by atoms with van der Waals surface area (Å²) in [5.41, 5.74) is 0. The molecule has 10 nitrogen and oxygen atoms in total.